The Kier molecular flexibility index (Phi) is 4.47. The topological polar surface area (TPSA) is 117 Å². The van der Waals surface area contributed by atoms with Crippen molar-refractivity contribution < 1.29 is 9.07 Å². The summed E-state index contributed by atoms with van der Waals surface area (Å²) in [5.41, 5.74) is 8.84. The molecular formula is C21H26N8O. The Hall–Kier alpha value is -4.01. The number of carbonyl (C=O) groups is 1. The summed E-state index contributed by atoms with van der Waals surface area (Å²) in [4.78, 5) is 37.5. The zero-order chi connectivity index (χ0) is 20.5. The number of para-hydroxylation sites is 2. The lowest BCUT2D eigenvalue weighted by Gasteiger charge is -2.35. The number of anilines is 2. The van der Waals surface area contributed by atoms with Gasteiger partial charge in [-0.3, -0.25) is 9.78 Å². The minimum atomic E-state index is -0.0541. The van der Waals surface area contributed by atoms with E-state index in [1.165, 1.54) is 0 Å². The molecule has 1 aromatic carbocycles. The minimum Gasteiger partial charge on any atom is -0.382 e. The summed E-state index contributed by atoms with van der Waals surface area (Å²) in [7, 11) is 0. The first-order valence-corrected chi connectivity index (χ1v) is 9.72. The summed E-state index contributed by atoms with van der Waals surface area (Å²) in [5.74, 6) is 1.57. The van der Waals surface area contributed by atoms with Crippen molar-refractivity contribution in [3.63, 3.8) is 0 Å². The number of nitrogens with two attached hydrogens (primary N) is 1. The number of nitrogen functional groups attached to an aromatic ring is 1. The molecular weight excluding hydrogens is 380 g/mol. The number of fused-ring (bicyclic) bond motifs is 1. The van der Waals surface area contributed by atoms with Crippen LogP contribution < -0.4 is 10.6 Å². The molecule has 0 unspecified atom stereocenters. The Labute approximate surface area is 177 Å². The highest BCUT2D eigenvalue weighted by Crippen LogP contribution is 2.25. The van der Waals surface area contributed by atoms with E-state index in [0.717, 1.165) is 11.0 Å². The molecule has 1 aliphatic heterocycles. The molecule has 3 N–H and O–H groups in total. The Morgan fingerprint density at radius 2 is 1.80 bits per heavy atom. The highest BCUT2D eigenvalue weighted by atomic mass is 16.2. The molecule has 9 nitrogen and oxygen atoms in total. The number of pyridine rings is 1. The molecule has 30 heavy (non-hydrogen) atoms. The van der Waals surface area contributed by atoms with E-state index in [1.54, 1.807) is 24.5 Å². The number of imidazole rings is 1. The van der Waals surface area contributed by atoms with Crippen LogP contribution in [0.3, 0.4) is 0 Å². The third kappa shape index (κ3) is 3.30. The average Bonchev–Trinajstić information content (AvgIpc) is 3.24. The number of amides is 1. The molecule has 1 aliphatic rings. The molecule has 0 aliphatic carbocycles. The molecule has 1 amide bonds. The molecule has 1 saturated heterocycles. The highest BCUT2D eigenvalue weighted by molar-refractivity contribution is 5.92. The standard InChI is InChI=1S/C21H20N8O.3H2/c22-19-18(20-25-14-5-1-2-6-15(14)26-20)27-17(13-24-19)28-9-11-29(12-10-28)21(30)16-7-3-4-8-23-16;;;/h1-8,13H,9-12H2,(H2,22,24)(H,25,26);3*1H. The van der Waals surface area contributed by atoms with Gasteiger partial charge in [0.15, 0.2) is 17.3 Å². The Morgan fingerprint density at radius 3 is 2.57 bits per heavy atom. The Morgan fingerprint density at radius 1 is 1.00 bits per heavy atom. The molecule has 4 heterocycles. The molecule has 0 bridgehead atoms. The van der Waals surface area contributed by atoms with E-state index in [4.69, 9.17) is 10.7 Å². The molecule has 0 atom stereocenters. The lowest BCUT2D eigenvalue weighted by molar-refractivity contribution is 0.0740. The number of aromatic amines is 1. The highest BCUT2D eigenvalue weighted by Gasteiger charge is 2.24. The molecule has 4 aromatic rings. The summed E-state index contributed by atoms with van der Waals surface area (Å²) in [6, 6.07) is 13.1. The van der Waals surface area contributed by atoms with Crippen LogP contribution in [0, 0.1) is 0 Å². The summed E-state index contributed by atoms with van der Waals surface area (Å²) in [6.07, 6.45) is 3.30. The second-order valence-corrected chi connectivity index (χ2v) is 7.06. The van der Waals surface area contributed by atoms with Crippen molar-refractivity contribution in [1.82, 2.24) is 29.8 Å². The van der Waals surface area contributed by atoms with Gasteiger partial charge in [0.2, 0.25) is 0 Å². The van der Waals surface area contributed by atoms with Gasteiger partial charge in [0.1, 0.15) is 11.5 Å². The monoisotopic (exact) mass is 406 g/mol. The number of hydrogen-bond acceptors (Lipinski definition) is 7. The van der Waals surface area contributed by atoms with Crippen molar-refractivity contribution >= 4 is 28.6 Å². The first-order chi connectivity index (χ1) is 14.7. The molecule has 156 valence electrons. The van der Waals surface area contributed by atoms with Crippen LogP contribution in [0.15, 0.2) is 54.9 Å². The second-order valence-electron chi connectivity index (χ2n) is 7.06. The number of aromatic nitrogens is 5. The fraction of sp³-hybridized carbons (Fsp3) is 0.190. The second kappa shape index (κ2) is 7.43. The number of hydrogen-bond donors (Lipinski definition) is 2. The number of nitrogens with one attached hydrogen (secondary N) is 1. The van der Waals surface area contributed by atoms with Crippen LogP contribution in [0.2, 0.25) is 0 Å². The molecule has 0 saturated carbocycles. The fourth-order valence-corrected chi connectivity index (χ4v) is 3.57. The summed E-state index contributed by atoms with van der Waals surface area (Å²) in [6.45, 7) is 2.47. The number of nitrogens with zero attached hydrogens (tertiary/aromatic N) is 6. The van der Waals surface area contributed by atoms with Crippen LogP contribution in [0.1, 0.15) is 14.8 Å². The van der Waals surface area contributed by atoms with Crippen LogP contribution in [0.5, 0.6) is 0 Å². The molecule has 1 fully saturated rings. The third-order valence-electron chi connectivity index (χ3n) is 5.18. The molecule has 5 rings (SSSR count). The van der Waals surface area contributed by atoms with Gasteiger partial charge in [0, 0.05) is 36.7 Å². The van der Waals surface area contributed by atoms with E-state index in [1.807, 2.05) is 35.2 Å². The average molecular weight is 406 g/mol. The van der Waals surface area contributed by atoms with Gasteiger partial charge in [-0.1, -0.05) is 18.2 Å². The van der Waals surface area contributed by atoms with Crippen molar-refractivity contribution in [2.75, 3.05) is 36.8 Å². The van der Waals surface area contributed by atoms with E-state index in [9.17, 15) is 4.79 Å². The van der Waals surface area contributed by atoms with Crippen LogP contribution in [0.25, 0.3) is 22.6 Å². The molecule has 0 spiro atoms. The summed E-state index contributed by atoms with van der Waals surface area (Å²) < 4.78 is 0. The normalized spacial score (nSPS) is 14.3. The predicted molar refractivity (Wildman–Crippen MR) is 120 cm³/mol. The quantitative estimate of drug-likeness (QED) is 0.537. The first kappa shape index (κ1) is 18.0. The van der Waals surface area contributed by atoms with E-state index in [-0.39, 0.29) is 10.2 Å². The molecule has 9 heteroatoms. The van der Waals surface area contributed by atoms with E-state index >= 15 is 0 Å². The molecule has 0 radical (unpaired) electrons. The largest absolute Gasteiger partial charge is 0.382 e. The number of H-pyrrole nitrogens is 1. The first-order valence-electron chi connectivity index (χ1n) is 9.72. The fourth-order valence-electron chi connectivity index (χ4n) is 3.57. The van der Waals surface area contributed by atoms with Crippen molar-refractivity contribution in [1.29, 1.82) is 0 Å². The maximum atomic E-state index is 12.6. The minimum absolute atomic E-state index is 0. The summed E-state index contributed by atoms with van der Waals surface area (Å²) in [5, 5.41) is 0. The van der Waals surface area contributed by atoms with Crippen molar-refractivity contribution in [3.8, 4) is 11.5 Å². The van der Waals surface area contributed by atoms with Crippen LogP contribution in [-0.4, -0.2) is 61.9 Å². The summed E-state index contributed by atoms with van der Waals surface area (Å²) >= 11 is 0. The van der Waals surface area contributed by atoms with Crippen molar-refractivity contribution in [3.05, 3.63) is 60.6 Å². The maximum absolute atomic E-state index is 12.6. The number of rotatable bonds is 3. The predicted octanol–water partition coefficient (Wildman–Crippen LogP) is 2.70. The lowest BCUT2D eigenvalue weighted by atomic mass is 10.2. The van der Waals surface area contributed by atoms with Crippen LogP contribution in [-0.2, 0) is 0 Å². The van der Waals surface area contributed by atoms with E-state index in [2.05, 4.69) is 24.8 Å². The van der Waals surface area contributed by atoms with Crippen LogP contribution >= 0.6 is 0 Å². The van der Waals surface area contributed by atoms with Crippen LogP contribution in [0.4, 0.5) is 11.6 Å². The van der Waals surface area contributed by atoms with Gasteiger partial charge >= 0.3 is 0 Å². The Balaban J connectivity index is 0.00000128. The van der Waals surface area contributed by atoms with Gasteiger partial charge in [0.05, 0.1) is 17.2 Å². The third-order valence-corrected chi connectivity index (χ3v) is 5.18. The van der Waals surface area contributed by atoms with Crippen molar-refractivity contribution in [2.24, 2.45) is 0 Å². The maximum Gasteiger partial charge on any atom is 0.272 e. The van der Waals surface area contributed by atoms with E-state index in [0.29, 0.717) is 55.0 Å². The SMILES string of the molecule is Nc1ncc(N2CCN(C(=O)c3ccccn3)CC2)nc1-c1nc2ccccc2[nH]1.[HH].[HH].[HH]. The number of carbonyl (C=O) groups excluding carboxylic acids is 1. The van der Waals surface area contributed by atoms with Gasteiger partial charge in [-0.2, -0.15) is 0 Å². The van der Waals surface area contributed by atoms with Gasteiger partial charge in [0.25, 0.3) is 5.91 Å². The van der Waals surface area contributed by atoms with Gasteiger partial charge in [-0.05, 0) is 24.3 Å². The number of piperazine rings is 1. The zero-order valence-electron chi connectivity index (χ0n) is 16.2. The smallest absolute Gasteiger partial charge is 0.272 e. The zero-order valence-corrected chi connectivity index (χ0v) is 16.2. The number of benzene rings is 1. The van der Waals surface area contributed by atoms with Gasteiger partial charge in [-0.15, -0.1) is 0 Å². The Bertz CT molecular complexity index is 1180. The van der Waals surface area contributed by atoms with Crippen molar-refractivity contribution in [2.45, 2.75) is 0 Å². The van der Waals surface area contributed by atoms with E-state index < -0.39 is 0 Å². The molecule has 3 aromatic heterocycles. The van der Waals surface area contributed by atoms with Gasteiger partial charge < -0.3 is 20.5 Å². The van der Waals surface area contributed by atoms with Gasteiger partial charge in [-0.25, -0.2) is 15.0 Å². The lowest BCUT2D eigenvalue weighted by Crippen LogP contribution is -2.49.